The second-order valence-corrected chi connectivity index (χ2v) is 7.28. The standard InChI is InChI=1S/C21H24N2O4/c1-21(2)19(24)13-18(14-5-9-16(26-3)10-6-14)23(22-25)20(21)15-7-11-17(27-4)12-8-15/h5-12,18,20H,13H2,1-4H3/t18-,20-/m0/s1. The van der Waals surface area contributed by atoms with Gasteiger partial charge in [0, 0.05) is 11.8 Å². The van der Waals surface area contributed by atoms with Gasteiger partial charge in [-0.1, -0.05) is 38.1 Å². The van der Waals surface area contributed by atoms with Crippen molar-refractivity contribution in [1.82, 2.24) is 5.01 Å². The van der Waals surface area contributed by atoms with E-state index in [0.29, 0.717) is 0 Å². The number of Topliss-reactive ketones (excluding diaryl/α,β-unsaturated/α-hetero) is 1. The third-order valence-electron chi connectivity index (χ3n) is 5.39. The predicted molar refractivity (Wildman–Crippen MR) is 103 cm³/mol. The predicted octanol–water partition coefficient (Wildman–Crippen LogP) is 4.47. The number of rotatable bonds is 5. The number of benzene rings is 2. The Labute approximate surface area is 159 Å². The summed E-state index contributed by atoms with van der Waals surface area (Å²) in [6, 6.07) is 13.9. The van der Waals surface area contributed by atoms with Gasteiger partial charge in [-0.15, -0.1) is 4.91 Å². The third kappa shape index (κ3) is 3.39. The van der Waals surface area contributed by atoms with Gasteiger partial charge in [0.25, 0.3) is 0 Å². The molecule has 1 saturated heterocycles. The minimum Gasteiger partial charge on any atom is -0.497 e. The van der Waals surface area contributed by atoms with Crippen molar-refractivity contribution < 1.29 is 14.3 Å². The molecule has 0 saturated carbocycles. The first-order valence-corrected chi connectivity index (χ1v) is 8.85. The Hall–Kier alpha value is -2.89. The first-order chi connectivity index (χ1) is 12.9. The maximum absolute atomic E-state index is 13.0. The molecule has 2 aromatic rings. The van der Waals surface area contributed by atoms with Crippen LogP contribution in [-0.4, -0.2) is 25.0 Å². The summed E-state index contributed by atoms with van der Waals surface area (Å²) in [5.41, 5.74) is 0.968. The van der Waals surface area contributed by atoms with E-state index in [9.17, 15) is 9.70 Å². The van der Waals surface area contributed by atoms with E-state index >= 15 is 0 Å². The van der Waals surface area contributed by atoms with Crippen LogP contribution in [0.4, 0.5) is 0 Å². The summed E-state index contributed by atoms with van der Waals surface area (Å²) < 4.78 is 10.4. The van der Waals surface area contributed by atoms with Crippen molar-refractivity contribution in [2.75, 3.05) is 14.2 Å². The number of carbonyl (C=O) groups is 1. The van der Waals surface area contributed by atoms with Crippen LogP contribution < -0.4 is 9.47 Å². The van der Waals surface area contributed by atoms with Crippen molar-refractivity contribution in [3.8, 4) is 11.5 Å². The number of carbonyl (C=O) groups excluding carboxylic acids is 1. The maximum Gasteiger partial charge on any atom is 0.143 e. The second-order valence-electron chi connectivity index (χ2n) is 7.28. The van der Waals surface area contributed by atoms with Gasteiger partial charge in [-0.2, -0.15) is 0 Å². The molecule has 1 fully saturated rings. The fourth-order valence-electron chi connectivity index (χ4n) is 3.75. The second kappa shape index (κ2) is 7.39. The van der Waals surface area contributed by atoms with Gasteiger partial charge in [-0.05, 0) is 35.4 Å². The van der Waals surface area contributed by atoms with Crippen molar-refractivity contribution in [3.05, 3.63) is 64.6 Å². The summed E-state index contributed by atoms with van der Waals surface area (Å²) in [4.78, 5) is 24.9. The molecule has 2 aromatic carbocycles. The lowest BCUT2D eigenvalue weighted by Gasteiger charge is -2.46. The highest BCUT2D eigenvalue weighted by molar-refractivity contribution is 5.86. The van der Waals surface area contributed by atoms with Gasteiger partial charge < -0.3 is 9.47 Å². The van der Waals surface area contributed by atoms with E-state index in [0.717, 1.165) is 22.6 Å². The summed E-state index contributed by atoms with van der Waals surface area (Å²) in [5.74, 6) is 1.54. The SMILES string of the molecule is COc1ccc([C@@H]2N(N=O)[C@H](c3ccc(OC)cc3)CC(=O)C2(C)C)cc1. The molecule has 6 heteroatoms. The molecule has 0 bridgehead atoms. The van der Waals surface area contributed by atoms with E-state index in [1.54, 1.807) is 14.2 Å². The molecule has 142 valence electrons. The van der Waals surface area contributed by atoms with E-state index in [1.807, 2.05) is 62.4 Å². The molecule has 1 aliphatic heterocycles. The largest absolute Gasteiger partial charge is 0.497 e. The molecule has 0 N–H and O–H groups in total. The Morgan fingerprint density at radius 1 is 0.926 bits per heavy atom. The van der Waals surface area contributed by atoms with E-state index in [4.69, 9.17) is 9.47 Å². The smallest absolute Gasteiger partial charge is 0.143 e. The van der Waals surface area contributed by atoms with Gasteiger partial charge in [0.15, 0.2) is 0 Å². The average Bonchev–Trinajstić information content (AvgIpc) is 2.69. The van der Waals surface area contributed by atoms with Crippen molar-refractivity contribution in [2.45, 2.75) is 32.4 Å². The minimum absolute atomic E-state index is 0.101. The Morgan fingerprint density at radius 2 is 1.41 bits per heavy atom. The molecule has 27 heavy (non-hydrogen) atoms. The van der Waals surface area contributed by atoms with Crippen LogP contribution in [0.5, 0.6) is 11.5 Å². The van der Waals surface area contributed by atoms with Crippen molar-refractivity contribution in [3.63, 3.8) is 0 Å². The fourth-order valence-corrected chi connectivity index (χ4v) is 3.75. The normalized spacial score (nSPS) is 21.6. The summed E-state index contributed by atoms with van der Waals surface area (Å²) in [6.45, 7) is 3.74. The molecule has 0 radical (unpaired) electrons. The number of hydrogen-bond acceptors (Lipinski definition) is 5. The van der Waals surface area contributed by atoms with Crippen LogP contribution in [0.3, 0.4) is 0 Å². The number of ether oxygens (including phenoxy) is 2. The molecule has 1 aliphatic rings. The average molecular weight is 368 g/mol. The molecule has 0 aliphatic carbocycles. The number of hydrogen-bond donors (Lipinski definition) is 0. The van der Waals surface area contributed by atoms with E-state index in [1.165, 1.54) is 5.01 Å². The number of piperidine rings is 1. The number of nitroso groups, excluding NO2 is 1. The first-order valence-electron chi connectivity index (χ1n) is 8.85. The van der Waals surface area contributed by atoms with Crippen LogP contribution >= 0.6 is 0 Å². The van der Waals surface area contributed by atoms with Crippen LogP contribution in [0.25, 0.3) is 0 Å². The monoisotopic (exact) mass is 368 g/mol. The van der Waals surface area contributed by atoms with Crippen molar-refractivity contribution >= 4 is 5.78 Å². The first kappa shape index (κ1) is 18.9. The van der Waals surface area contributed by atoms with E-state index in [2.05, 4.69) is 5.29 Å². The zero-order valence-corrected chi connectivity index (χ0v) is 16.0. The molecule has 6 nitrogen and oxygen atoms in total. The summed E-state index contributed by atoms with van der Waals surface area (Å²) in [6.07, 6.45) is 0.234. The minimum atomic E-state index is -0.745. The number of methoxy groups -OCH3 is 2. The lowest BCUT2D eigenvalue weighted by atomic mass is 9.70. The quantitative estimate of drug-likeness (QED) is 0.729. The molecule has 1 heterocycles. The van der Waals surface area contributed by atoms with Gasteiger partial charge in [0.1, 0.15) is 17.3 Å². The lowest BCUT2D eigenvalue weighted by molar-refractivity contribution is -0.140. The van der Waals surface area contributed by atoms with E-state index in [-0.39, 0.29) is 12.2 Å². The Kier molecular flexibility index (Phi) is 5.17. The Balaban J connectivity index is 2.04. The number of nitrogens with zero attached hydrogens (tertiary/aromatic N) is 2. The van der Waals surface area contributed by atoms with Gasteiger partial charge in [0.05, 0.1) is 31.6 Å². The summed E-state index contributed by atoms with van der Waals surface area (Å²) in [7, 11) is 3.20. The highest BCUT2D eigenvalue weighted by Gasteiger charge is 2.49. The molecular weight excluding hydrogens is 344 g/mol. The van der Waals surface area contributed by atoms with Gasteiger partial charge in [0.2, 0.25) is 0 Å². The van der Waals surface area contributed by atoms with Crippen LogP contribution in [0.1, 0.15) is 43.5 Å². The van der Waals surface area contributed by atoms with Gasteiger partial charge in [-0.25, -0.2) is 5.01 Å². The molecule has 0 amide bonds. The summed E-state index contributed by atoms with van der Waals surface area (Å²) in [5, 5.41) is 4.87. The molecule has 0 spiro atoms. The molecule has 2 atom stereocenters. The maximum atomic E-state index is 13.0. The summed E-state index contributed by atoms with van der Waals surface area (Å²) >= 11 is 0. The zero-order chi connectivity index (χ0) is 19.6. The van der Waals surface area contributed by atoms with Crippen LogP contribution in [0, 0.1) is 10.3 Å². The Morgan fingerprint density at radius 3 is 1.85 bits per heavy atom. The molecule has 0 unspecified atom stereocenters. The van der Waals surface area contributed by atoms with Gasteiger partial charge in [-0.3, -0.25) is 4.79 Å². The van der Waals surface area contributed by atoms with E-state index < -0.39 is 17.5 Å². The van der Waals surface area contributed by atoms with Crippen LogP contribution in [0.15, 0.2) is 53.8 Å². The van der Waals surface area contributed by atoms with Crippen molar-refractivity contribution in [1.29, 1.82) is 0 Å². The number of ketones is 1. The van der Waals surface area contributed by atoms with Gasteiger partial charge >= 0.3 is 0 Å². The third-order valence-corrected chi connectivity index (χ3v) is 5.39. The topological polar surface area (TPSA) is 68.2 Å². The zero-order valence-electron chi connectivity index (χ0n) is 16.0. The van der Waals surface area contributed by atoms with Crippen LogP contribution in [0.2, 0.25) is 0 Å². The highest BCUT2D eigenvalue weighted by atomic mass is 16.5. The highest BCUT2D eigenvalue weighted by Crippen LogP contribution is 2.50. The molecular formula is C21H24N2O4. The molecule has 3 rings (SSSR count). The molecule has 0 aromatic heterocycles. The Bertz CT molecular complexity index is 815. The van der Waals surface area contributed by atoms with Crippen LogP contribution in [-0.2, 0) is 4.79 Å². The van der Waals surface area contributed by atoms with Crippen molar-refractivity contribution in [2.24, 2.45) is 10.7 Å². The fraction of sp³-hybridized carbons (Fsp3) is 0.381. The lowest BCUT2D eigenvalue weighted by Crippen LogP contribution is -2.48.